The molecule has 1 heterocycles. The molecule has 0 unspecified atom stereocenters. The molecule has 0 saturated carbocycles. The van der Waals surface area contributed by atoms with Crippen LogP contribution in [0.1, 0.15) is 12.8 Å². The molecule has 1 aromatic rings. The Morgan fingerprint density at radius 2 is 2.15 bits per heavy atom. The first-order chi connectivity index (χ1) is 9.32. The summed E-state index contributed by atoms with van der Waals surface area (Å²) in [6.07, 6.45) is 1.42. The number of halogens is 1. The van der Waals surface area contributed by atoms with Gasteiger partial charge in [-0.25, -0.2) is 8.42 Å². The van der Waals surface area contributed by atoms with Gasteiger partial charge >= 0.3 is 0 Å². The Hall–Kier alpha value is -1.22. The second kappa shape index (κ2) is 5.65. The number of sulfonamides is 1. The molecule has 9 heteroatoms. The average Bonchev–Trinajstić information content (AvgIpc) is 2.38. The molecular weight excluding hydrogens is 306 g/mol. The van der Waals surface area contributed by atoms with Gasteiger partial charge in [-0.2, -0.15) is 4.31 Å². The van der Waals surface area contributed by atoms with Crippen LogP contribution in [0.4, 0.5) is 5.69 Å². The Bertz CT molecular complexity index is 635. The first-order valence-electron chi connectivity index (χ1n) is 6.02. The average molecular weight is 320 g/mol. The minimum atomic E-state index is -3.86. The number of nitro benzene ring substituents is 1. The topological polar surface area (TPSA) is 107 Å². The molecule has 1 aliphatic heterocycles. The molecule has 110 valence electrons. The number of hydrogen-bond donors (Lipinski definition) is 1. The van der Waals surface area contributed by atoms with Gasteiger partial charge in [0, 0.05) is 31.3 Å². The number of piperidine rings is 1. The van der Waals surface area contributed by atoms with E-state index in [9.17, 15) is 18.5 Å². The molecule has 1 aromatic carbocycles. The molecule has 0 bridgehead atoms. The SMILES string of the molecule is N[C@@H]1CCCN(S(=O)(=O)c2cc([N+](=O)[O-])ccc2Cl)C1. The van der Waals surface area contributed by atoms with E-state index in [2.05, 4.69) is 0 Å². The van der Waals surface area contributed by atoms with E-state index in [0.29, 0.717) is 13.0 Å². The number of non-ortho nitro benzene ring substituents is 1. The Balaban J connectivity index is 2.43. The van der Waals surface area contributed by atoms with E-state index in [1.54, 1.807) is 0 Å². The first kappa shape index (κ1) is 15.2. The highest BCUT2D eigenvalue weighted by atomic mass is 35.5. The van der Waals surface area contributed by atoms with Crippen LogP contribution in [0.2, 0.25) is 5.02 Å². The minimum Gasteiger partial charge on any atom is -0.327 e. The molecule has 1 saturated heterocycles. The molecule has 0 spiro atoms. The maximum atomic E-state index is 12.5. The third-order valence-corrected chi connectivity index (χ3v) is 5.51. The van der Waals surface area contributed by atoms with Gasteiger partial charge in [-0.05, 0) is 18.9 Å². The lowest BCUT2D eigenvalue weighted by molar-refractivity contribution is -0.385. The van der Waals surface area contributed by atoms with Gasteiger partial charge < -0.3 is 5.73 Å². The predicted octanol–water partition coefficient (Wildman–Crippen LogP) is 1.36. The summed E-state index contributed by atoms with van der Waals surface area (Å²) in [5.41, 5.74) is 5.46. The predicted molar refractivity (Wildman–Crippen MR) is 74.1 cm³/mol. The summed E-state index contributed by atoms with van der Waals surface area (Å²) in [6, 6.07) is 3.15. The van der Waals surface area contributed by atoms with Crippen LogP contribution in [0.25, 0.3) is 0 Å². The monoisotopic (exact) mass is 319 g/mol. The first-order valence-corrected chi connectivity index (χ1v) is 7.84. The van der Waals surface area contributed by atoms with Crippen LogP contribution in [-0.4, -0.2) is 36.8 Å². The molecule has 1 fully saturated rings. The van der Waals surface area contributed by atoms with E-state index in [1.807, 2.05) is 0 Å². The van der Waals surface area contributed by atoms with E-state index < -0.39 is 14.9 Å². The molecule has 20 heavy (non-hydrogen) atoms. The molecule has 0 radical (unpaired) electrons. The Labute approximate surface area is 121 Å². The molecule has 0 amide bonds. The summed E-state index contributed by atoms with van der Waals surface area (Å²) in [5.74, 6) is 0. The third-order valence-electron chi connectivity index (χ3n) is 3.16. The van der Waals surface area contributed by atoms with E-state index >= 15 is 0 Å². The summed E-state index contributed by atoms with van der Waals surface area (Å²) in [5, 5.41) is 10.7. The fourth-order valence-electron chi connectivity index (χ4n) is 2.13. The van der Waals surface area contributed by atoms with Crippen molar-refractivity contribution in [1.29, 1.82) is 0 Å². The van der Waals surface area contributed by atoms with Crippen LogP contribution in [0.5, 0.6) is 0 Å². The van der Waals surface area contributed by atoms with Crippen molar-refractivity contribution in [2.75, 3.05) is 13.1 Å². The fourth-order valence-corrected chi connectivity index (χ4v) is 4.16. The second-order valence-corrected chi connectivity index (χ2v) is 6.95. The lowest BCUT2D eigenvalue weighted by atomic mass is 10.1. The van der Waals surface area contributed by atoms with Crippen molar-refractivity contribution in [3.05, 3.63) is 33.3 Å². The van der Waals surface area contributed by atoms with Crippen LogP contribution in [0.15, 0.2) is 23.1 Å². The number of hydrogen-bond acceptors (Lipinski definition) is 5. The summed E-state index contributed by atoms with van der Waals surface area (Å²) < 4.78 is 26.2. The number of benzene rings is 1. The quantitative estimate of drug-likeness (QED) is 0.668. The van der Waals surface area contributed by atoms with Gasteiger partial charge in [0.2, 0.25) is 10.0 Å². The zero-order valence-corrected chi connectivity index (χ0v) is 12.1. The highest BCUT2D eigenvalue weighted by molar-refractivity contribution is 7.89. The molecular formula is C11H14ClN3O4S. The van der Waals surface area contributed by atoms with Crippen LogP contribution in [-0.2, 0) is 10.0 Å². The van der Waals surface area contributed by atoms with E-state index in [0.717, 1.165) is 12.5 Å². The van der Waals surface area contributed by atoms with E-state index in [4.69, 9.17) is 17.3 Å². The maximum Gasteiger partial charge on any atom is 0.270 e. The number of nitrogens with two attached hydrogens (primary N) is 1. The van der Waals surface area contributed by atoms with Crippen molar-refractivity contribution in [3.8, 4) is 0 Å². The molecule has 2 N–H and O–H groups in total. The summed E-state index contributed by atoms with van der Waals surface area (Å²) in [4.78, 5) is 9.85. The maximum absolute atomic E-state index is 12.5. The van der Waals surface area contributed by atoms with Gasteiger partial charge in [0.1, 0.15) is 4.90 Å². The van der Waals surface area contributed by atoms with Crippen molar-refractivity contribution in [3.63, 3.8) is 0 Å². The zero-order valence-electron chi connectivity index (χ0n) is 10.5. The smallest absolute Gasteiger partial charge is 0.270 e. The second-order valence-electron chi connectivity index (χ2n) is 4.64. The Morgan fingerprint density at radius 1 is 1.45 bits per heavy atom. The van der Waals surface area contributed by atoms with Crippen molar-refractivity contribution in [2.45, 2.75) is 23.8 Å². The van der Waals surface area contributed by atoms with Gasteiger partial charge in [-0.3, -0.25) is 10.1 Å². The van der Waals surface area contributed by atoms with E-state index in [-0.39, 0.29) is 28.2 Å². The van der Waals surface area contributed by atoms with Crippen molar-refractivity contribution in [1.82, 2.24) is 4.31 Å². The fraction of sp³-hybridized carbons (Fsp3) is 0.455. The molecule has 1 aliphatic rings. The molecule has 0 aromatic heterocycles. The van der Waals surface area contributed by atoms with Crippen LogP contribution in [0.3, 0.4) is 0 Å². The number of nitrogens with zero attached hydrogens (tertiary/aromatic N) is 2. The number of nitro groups is 1. The molecule has 1 atom stereocenters. The van der Waals surface area contributed by atoms with Crippen LogP contribution >= 0.6 is 11.6 Å². The summed E-state index contributed by atoms with van der Waals surface area (Å²) >= 11 is 5.88. The van der Waals surface area contributed by atoms with Gasteiger partial charge in [0.05, 0.1) is 9.95 Å². The zero-order chi connectivity index (χ0) is 14.9. The summed E-state index contributed by atoms with van der Waals surface area (Å²) in [6.45, 7) is 0.538. The molecule has 7 nitrogen and oxygen atoms in total. The summed E-state index contributed by atoms with van der Waals surface area (Å²) in [7, 11) is -3.86. The minimum absolute atomic E-state index is 0.0326. The van der Waals surface area contributed by atoms with Crippen molar-refractivity contribution in [2.24, 2.45) is 5.73 Å². The van der Waals surface area contributed by atoms with Gasteiger partial charge in [-0.15, -0.1) is 0 Å². The normalized spacial score (nSPS) is 20.8. The largest absolute Gasteiger partial charge is 0.327 e. The molecule has 2 rings (SSSR count). The lowest BCUT2D eigenvalue weighted by Crippen LogP contribution is -2.45. The van der Waals surface area contributed by atoms with Crippen LogP contribution < -0.4 is 5.73 Å². The standard InChI is InChI=1S/C11H14ClN3O4S/c12-10-4-3-9(15(16)17)6-11(10)20(18,19)14-5-1-2-8(13)7-14/h3-4,6,8H,1-2,5,7,13H2/t8-/m1/s1. The van der Waals surface area contributed by atoms with Crippen LogP contribution in [0, 0.1) is 10.1 Å². The Morgan fingerprint density at radius 3 is 2.75 bits per heavy atom. The van der Waals surface area contributed by atoms with E-state index in [1.165, 1.54) is 16.4 Å². The highest BCUT2D eigenvalue weighted by Crippen LogP contribution is 2.29. The van der Waals surface area contributed by atoms with Gasteiger partial charge in [0.15, 0.2) is 0 Å². The number of rotatable bonds is 3. The van der Waals surface area contributed by atoms with Crippen molar-refractivity contribution >= 4 is 27.3 Å². The van der Waals surface area contributed by atoms with Gasteiger partial charge in [0.25, 0.3) is 5.69 Å². The Kier molecular flexibility index (Phi) is 4.28. The van der Waals surface area contributed by atoms with Crippen molar-refractivity contribution < 1.29 is 13.3 Å². The lowest BCUT2D eigenvalue weighted by Gasteiger charge is -2.30. The highest BCUT2D eigenvalue weighted by Gasteiger charge is 2.31. The third kappa shape index (κ3) is 2.93. The van der Waals surface area contributed by atoms with Gasteiger partial charge in [-0.1, -0.05) is 11.6 Å². The molecule has 0 aliphatic carbocycles.